The molecule has 50 valence electrons. The monoisotopic (exact) mass is 196 g/mol. The van der Waals surface area contributed by atoms with E-state index in [2.05, 4.69) is 32.2 Å². The first kappa shape index (κ1) is 6.04. The molecule has 2 nitrogen and oxygen atoms in total. The van der Waals surface area contributed by atoms with Gasteiger partial charge in [0.2, 0.25) is 0 Å². The number of hydrogen-bond donors (Lipinski definition) is 0. The highest BCUT2D eigenvalue weighted by Gasteiger charge is 2.16. The van der Waals surface area contributed by atoms with Gasteiger partial charge in [-0.1, -0.05) is 28.1 Å². The van der Waals surface area contributed by atoms with E-state index in [0.717, 1.165) is 10.2 Å². The van der Waals surface area contributed by atoms with Crippen LogP contribution in [-0.2, 0) is 0 Å². The number of rotatable bonds is 0. The average molecular weight is 197 g/mol. The fraction of sp³-hybridized carbons (Fsp3) is 0.143. The summed E-state index contributed by atoms with van der Waals surface area (Å²) in [6.45, 7) is 0. The van der Waals surface area contributed by atoms with E-state index in [1.54, 1.807) is 0 Å². The molecule has 1 atom stereocenters. The largest absolute Gasteiger partial charge is 0.162 e. The lowest BCUT2D eigenvalue weighted by Gasteiger charge is -2.05. The maximum Gasteiger partial charge on any atom is 0.0764 e. The second kappa shape index (κ2) is 2.16. The molecule has 0 aromatic rings. The first-order chi connectivity index (χ1) is 4.86. The van der Waals surface area contributed by atoms with Gasteiger partial charge in [-0.15, -0.1) is 0 Å². The highest BCUT2D eigenvalue weighted by atomic mass is 79.9. The molecule has 0 saturated heterocycles. The second-order valence-corrected chi connectivity index (χ2v) is 3.12. The van der Waals surface area contributed by atoms with Crippen molar-refractivity contribution in [2.45, 2.75) is 0 Å². The lowest BCUT2D eigenvalue weighted by Crippen LogP contribution is -2.09. The van der Waals surface area contributed by atoms with Gasteiger partial charge in [-0.05, 0) is 6.08 Å². The van der Waals surface area contributed by atoms with Crippen molar-refractivity contribution in [2.75, 3.05) is 0 Å². The highest BCUT2D eigenvalue weighted by Crippen LogP contribution is 2.19. The maximum atomic E-state index is 3.94. The van der Waals surface area contributed by atoms with Crippen molar-refractivity contribution < 1.29 is 0 Å². The Kier molecular flexibility index (Phi) is 1.31. The Morgan fingerprint density at radius 3 is 3.30 bits per heavy atom. The van der Waals surface area contributed by atoms with E-state index in [-0.39, 0.29) is 0 Å². The van der Waals surface area contributed by atoms with Gasteiger partial charge >= 0.3 is 0 Å². The summed E-state index contributed by atoms with van der Waals surface area (Å²) in [7, 11) is 0. The topological polar surface area (TPSA) is 24.7 Å². The van der Waals surface area contributed by atoms with Crippen LogP contribution in [0.5, 0.6) is 0 Å². The van der Waals surface area contributed by atoms with Crippen molar-refractivity contribution in [3.63, 3.8) is 0 Å². The molecule has 0 fully saturated rings. The highest BCUT2D eigenvalue weighted by molar-refractivity contribution is 9.11. The summed E-state index contributed by atoms with van der Waals surface area (Å²) >= 11 is 3.36. The minimum absolute atomic E-state index is 0.321. The number of fused-ring (bicyclic) bond motifs is 1. The van der Waals surface area contributed by atoms with Gasteiger partial charge in [0.15, 0.2) is 0 Å². The van der Waals surface area contributed by atoms with Gasteiger partial charge in [0, 0.05) is 10.7 Å². The van der Waals surface area contributed by atoms with E-state index in [9.17, 15) is 0 Å². The Balaban J connectivity index is 2.39. The van der Waals surface area contributed by atoms with Crippen molar-refractivity contribution in [1.82, 2.24) is 0 Å². The molecule has 0 aromatic carbocycles. The molecule has 1 aliphatic heterocycles. The average Bonchev–Trinajstić information content (AvgIpc) is 2.33. The van der Waals surface area contributed by atoms with Gasteiger partial charge in [-0.3, -0.25) is 0 Å². The van der Waals surface area contributed by atoms with E-state index >= 15 is 0 Å². The van der Waals surface area contributed by atoms with Crippen LogP contribution in [0, 0.1) is 5.92 Å². The van der Waals surface area contributed by atoms with Gasteiger partial charge in [0.05, 0.1) is 11.6 Å². The lowest BCUT2D eigenvalue weighted by molar-refractivity contribution is 1.26. The molecule has 0 radical (unpaired) electrons. The Hall–Kier alpha value is -0.700. The standard InChI is InChI=1S/C7H5BrN2/c8-6-2-1-5-4-9-10-7(5)3-6/h1-5H/t5-/m1/s1. The third-order valence-corrected chi connectivity index (χ3v) is 1.98. The normalized spacial score (nSPS) is 27.9. The van der Waals surface area contributed by atoms with Crippen LogP contribution in [0.4, 0.5) is 0 Å². The predicted octanol–water partition coefficient (Wildman–Crippen LogP) is 1.89. The van der Waals surface area contributed by atoms with Crippen LogP contribution in [0.1, 0.15) is 0 Å². The Morgan fingerprint density at radius 2 is 2.40 bits per heavy atom. The molecule has 0 saturated carbocycles. The molecule has 0 spiro atoms. The van der Waals surface area contributed by atoms with Crippen LogP contribution in [0.2, 0.25) is 0 Å². The van der Waals surface area contributed by atoms with Crippen LogP contribution in [-0.4, -0.2) is 11.9 Å². The molecule has 0 amide bonds. The second-order valence-electron chi connectivity index (χ2n) is 2.20. The SMILES string of the molecule is BrC1=CC2=NN=C[C@H]2C=C1. The van der Waals surface area contributed by atoms with Crippen LogP contribution in [0.15, 0.2) is 32.9 Å². The zero-order valence-corrected chi connectivity index (χ0v) is 6.75. The molecule has 2 aliphatic rings. The maximum absolute atomic E-state index is 3.94. The zero-order chi connectivity index (χ0) is 6.97. The van der Waals surface area contributed by atoms with E-state index in [1.165, 1.54) is 0 Å². The third-order valence-electron chi connectivity index (χ3n) is 1.49. The van der Waals surface area contributed by atoms with E-state index in [1.807, 2.05) is 18.4 Å². The fourth-order valence-corrected chi connectivity index (χ4v) is 1.36. The number of allylic oxidation sites excluding steroid dienone is 4. The van der Waals surface area contributed by atoms with Gasteiger partial charge in [0.1, 0.15) is 0 Å². The van der Waals surface area contributed by atoms with Crippen molar-refractivity contribution in [2.24, 2.45) is 16.1 Å². The molecule has 10 heavy (non-hydrogen) atoms. The van der Waals surface area contributed by atoms with E-state index < -0.39 is 0 Å². The van der Waals surface area contributed by atoms with Crippen LogP contribution >= 0.6 is 15.9 Å². The smallest absolute Gasteiger partial charge is 0.0764 e. The van der Waals surface area contributed by atoms with Crippen molar-refractivity contribution in [3.05, 3.63) is 22.7 Å². The quantitative estimate of drug-likeness (QED) is 0.566. The van der Waals surface area contributed by atoms with Crippen LogP contribution in [0.3, 0.4) is 0 Å². The molecular formula is C7H5BrN2. The number of nitrogens with zero attached hydrogens (tertiary/aromatic N) is 2. The summed E-state index contributed by atoms with van der Waals surface area (Å²) in [4.78, 5) is 0. The minimum Gasteiger partial charge on any atom is -0.162 e. The third kappa shape index (κ3) is 0.865. The molecule has 2 rings (SSSR count). The van der Waals surface area contributed by atoms with Crippen LogP contribution in [0.25, 0.3) is 0 Å². The molecule has 3 heteroatoms. The van der Waals surface area contributed by atoms with Crippen molar-refractivity contribution in [3.8, 4) is 0 Å². The number of hydrogen-bond acceptors (Lipinski definition) is 2. The first-order valence-electron chi connectivity index (χ1n) is 3.03. The number of halogens is 1. The first-order valence-corrected chi connectivity index (χ1v) is 3.82. The summed E-state index contributed by atoms with van der Waals surface area (Å²) in [6.07, 6.45) is 7.90. The lowest BCUT2D eigenvalue weighted by atomic mass is 10.0. The molecule has 1 heterocycles. The van der Waals surface area contributed by atoms with Gasteiger partial charge in [-0.25, -0.2) is 0 Å². The Labute approximate surface area is 67.2 Å². The van der Waals surface area contributed by atoms with Crippen molar-refractivity contribution >= 4 is 27.9 Å². The predicted molar refractivity (Wildman–Crippen MR) is 45.6 cm³/mol. The molecule has 0 unspecified atom stereocenters. The summed E-state index contributed by atoms with van der Waals surface area (Å²) in [6, 6.07) is 0. The van der Waals surface area contributed by atoms with Crippen LogP contribution < -0.4 is 0 Å². The van der Waals surface area contributed by atoms with Gasteiger partial charge in [-0.2, -0.15) is 10.2 Å². The molecule has 1 aliphatic carbocycles. The fourth-order valence-electron chi connectivity index (χ4n) is 0.973. The summed E-state index contributed by atoms with van der Waals surface area (Å²) in [5.74, 6) is 0.321. The Morgan fingerprint density at radius 1 is 1.50 bits per heavy atom. The molecule has 0 aromatic heterocycles. The summed E-state index contributed by atoms with van der Waals surface area (Å²) in [5, 5.41) is 7.75. The Bertz CT molecular complexity index is 273. The summed E-state index contributed by atoms with van der Waals surface area (Å²) < 4.78 is 1.06. The summed E-state index contributed by atoms with van der Waals surface area (Å²) in [5.41, 5.74) is 1.02. The van der Waals surface area contributed by atoms with E-state index in [4.69, 9.17) is 0 Å². The molecule has 0 bridgehead atoms. The van der Waals surface area contributed by atoms with Gasteiger partial charge in [0.25, 0.3) is 0 Å². The van der Waals surface area contributed by atoms with Gasteiger partial charge < -0.3 is 0 Å². The zero-order valence-electron chi connectivity index (χ0n) is 5.16. The van der Waals surface area contributed by atoms with E-state index in [0.29, 0.717) is 5.92 Å². The minimum atomic E-state index is 0.321. The van der Waals surface area contributed by atoms with Crippen molar-refractivity contribution in [1.29, 1.82) is 0 Å². The molecule has 0 N–H and O–H groups in total. The molecular weight excluding hydrogens is 192 g/mol.